The maximum atomic E-state index is 12.6. The van der Waals surface area contributed by atoms with E-state index in [9.17, 15) is 19.5 Å². The number of aliphatic carboxylic acids is 1. The van der Waals surface area contributed by atoms with Crippen molar-refractivity contribution < 1.29 is 19.4 Å². The second kappa shape index (κ2) is 5.69. The molecule has 2 aliphatic rings. The Bertz CT molecular complexity index is 903. The molecule has 1 N–H and O–H groups in total. The van der Waals surface area contributed by atoms with Gasteiger partial charge in [-0.25, -0.2) is 9.48 Å². The van der Waals surface area contributed by atoms with E-state index in [1.807, 2.05) is 0 Å². The normalized spacial score (nSPS) is 25.9. The Morgan fingerprint density at radius 2 is 2.24 bits per heavy atom. The summed E-state index contributed by atoms with van der Waals surface area (Å²) in [5.74, 6) is -1.41. The monoisotopic (exact) mass is 346 g/mol. The van der Waals surface area contributed by atoms with Gasteiger partial charge in [-0.1, -0.05) is 6.07 Å². The lowest BCUT2D eigenvalue weighted by molar-refractivity contribution is -0.157. The third-order valence-electron chi connectivity index (χ3n) is 5.26. The third kappa shape index (κ3) is 2.42. The van der Waals surface area contributed by atoms with Crippen LogP contribution in [0.4, 0.5) is 0 Å². The molecule has 0 aliphatic carbocycles. The Kier molecular flexibility index (Phi) is 3.60. The molecule has 4 rings (SSSR count). The van der Waals surface area contributed by atoms with Crippen molar-refractivity contribution in [3.8, 4) is 0 Å². The van der Waals surface area contributed by atoms with Gasteiger partial charge in [0.25, 0.3) is 0 Å². The van der Waals surface area contributed by atoms with E-state index in [1.54, 1.807) is 24.4 Å². The first kappa shape index (κ1) is 15.8. The average Bonchev–Trinajstić information content (AvgIpc) is 3.15. The lowest BCUT2D eigenvalue weighted by Crippen LogP contribution is -2.45. The molecule has 9 nitrogen and oxygen atoms in total. The predicted octanol–water partition coefficient (Wildman–Crippen LogP) is -0.554. The maximum absolute atomic E-state index is 12.6. The zero-order chi connectivity index (χ0) is 17.6. The standard InChI is InChI=1S/C16H18N4O5/c21-13(8-20-15(24)19-5-2-1-3-12(19)17-20)18-7-11-9-25-6-4-16(11,10-18)14(22)23/h1-3,5,11H,4,6-10H2,(H,22,23)/t11-,16+/m0/s1. The predicted molar refractivity (Wildman–Crippen MR) is 85.0 cm³/mol. The van der Waals surface area contributed by atoms with Crippen molar-refractivity contribution >= 4 is 17.5 Å². The van der Waals surface area contributed by atoms with Gasteiger partial charge >= 0.3 is 11.7 Å². The molecule has 2 aromatic rings. The highest BCUT2D eigenvalue weighted by atomic mass is 16.5. The molecule has 2 aromatic heterocycles. The first-order valence-electron chi connectivity index (χ1n) is 8.14. The molecule has 132 valence electrons. The van der Waals surface area contributed by atoms with Crippen LogP contribution in [0.1, 0.15) is 6.42 Å². The number of carbonyl (C=O) groups excluding carboxylic acids is 1. The fourth-order valence-corrected chi connectivity index (χ4v) is 3.79. The molecule has 4 heterocycles. The van der Waals surface area contributed by atoms with Crippen molar-refractivity contribution in [3.05, 3.63) is 34.9 Å². The van der Waals surface area contributed by atoms with Gasteiger partial charge in [0.05, 0.1) is 12.0 Å². The topological polar surface area (TPSA) is 106 Å². The summed E-state index contributed by atoms with van der Waals surface area (Å²) in [4.78, 5) is 38.2. The number of likely N-dealkylation sites (tertiary alicyclic amines) is 1. The lowest BCUT2D eigenvalue weighted by atomic mass is 9.74. The minimum absolute atomic E-state index is 0.150. The van der Waals surface area contributed by atoms with Gasteiger partial charge in [0.2, 0.25) is 5.91 Å². The van der Waals surface area contributed by atoms with Crippen LogP contribution < -0.4 is 5.69 Å². The van der Waals surface area contributed by atoms with Crippen LogP contribution >= 0.6 is 0 Å². The molecule has 1 amide bonds. The summed E-state index contributed by atoms with van der Waals surface area (Å²) in [6.45, 7) is 0.996. The molecule has 25 heavy (non-hydrogen) atoms. The van der Waals surface area contributed by atoms with E-state index in [0.29, 0.717) is 31.8 Å². The summed E-state index contributed by atoms with van der Waals surface area (Å²) in [5.41, 5.74) is -0.875. The molecular weight excluding hydrogens is 328 g/mol. The Morgan fingerprint density at radius 3 is 2.96 bits per heavy atom. The number of pyridine rings is 1. The van der Waals surface area contributed by atoms with Gasteiger partial charge in [-0.2, -0.15) is 0 Å². The number of carboxylic acids is 1. The Hall–Kier alpha value is -2.68. The summed E-state index contributed by atoms with van der Waals surface area (Å²) in [5, 5.41) is 13.8. The van der Waals surface area contributed by atoms with E-state index in [1.165, 1.54) is 9.30 Å². The SMILES string of the molecule is O=C(Cn1nc2ccccn2c1=O)N1C[C@H]2COCC[C@@]2(C(=O)O)C1. The number of ether oxygens (including phenoxy) is 1. The number of hydrogen-bond acceptors (Lipinski definition) is 5. The molecule has 2 fully saturated rings. The quantitative estimate of drug-likeness (QED) is 0.799. The largest absolute Gasteiger partial charge is 0.481 e. The zero-order valence-electron chi connectivity index (χ0n) is 13.5. The molecule has 0 radical (unpaired) electrons. The second-order valence-electron chi connectivity index (χ2n) is 6.63. The first-order chi connectivity index (χ1) is 12.0. The van der Waals surface area contributed by atoms with Crippen molar-refractivity contribution in [2.45, 2.75) is 13.0 Å². The molecule has 0 unspecified atom stereocenters. The number of carbonyl (C=O) groups is 2. The van der Waals surface area contributed by atoms with Gasteiger partial charge in [-0.15, -0.1) is 5.10 Å². The van der Waals surface area contributed by atoms with Crippen LogP contribution in [0.3, 0.4) is 0 Å². The van der Waals surface area contributed by atoms with E-state index >= 15 is 0 Å². The van der Waals surface area contributed by atoms with E-state index in [2.05, 4.69) is 5.10 Å². The van der Waals surface area contributed by atoms with Gasteiger partial charge < -0.3 is 14.7 Å². The van der Waals surface area contributed by atoms with Gasteiger partial charge in [0.1, 0.15) is 6.54 Å². The van der Waals surface area contributed by atoms with Crippen LogP contribution in [0.5, 0.6) is 0 Å². The Balaban J connectivity index is 1.56. The summed E-state index contributed by atoms with van der Waals surface area (Å²) in [6, 6.07) is 5.16. The third-order valence-corrected chi connectivity index (χ3v) is 5.26. The molecule has 2 aliphatic heterocycles. The summed E-state index contributed by atoms with van der Waals surface area (Å²) >= 11 is 0. The number of fused-ring (bicyclic) bond motifs is 2. The van der Waals surface area contributed by atoms with Gasteiger partial charge in [-0.05, 0) is 18.6 Å². The van der Waals surface area contributed by atoms with E-state index in [0.717, 1.165) is 4.68 Å². The summed E-state index contributed by atoms with van der Waals surface area (Å²) in [6.07, 6.45) is 1.98. The highest BCUT2D eigenvalue weighted by Gasteiger charge is 2.54. The van der Waals surface area contributed by atoms with Crippen LogP contribution in [0.25, 0.3) is 5.65 Å². The Labute approximate surface area is 142 Å². The molecular formula is C16H18N4O5. The van der Waals surface area contributed by atoms with Crippen molar-refractivity contribution in [1.82, 2.24) is 19.1 Å². The minimum Gasteiger partial charge on any atom is -0.481 e. The van der Waals surface area contributed by atoms with Crippen molar-refractivity contribution in [2.75, 3.05) is 26.3 Å². The molecule has 9 heteroatoms. The van der Waals surface area contributed by atoms with Gasteiger partial charge in [0.15, 0.2) is 5.65 Å². The smallest absolute Gasteiger partial charge is 0.350 e. The van der Waals surface area contributed by atoms with Crippen LogP contribution in [0, 0.1) is 11.3 Å². The maximum Gasteiger partial charge on any atom is 0.350 e. The fourth-order valence-electron chi connectivity index (χ4n) is 3.79. The number of carboxylic acid groups (broad SMARTS) is 1. The highest BCUT2D eigenvalue weighted by Crippen LogP contribution is 2.42. The van der Waals surface area contributed by atoms with Crippen molar-refractivity contribution in [3.63, 3.8) is 0 Å². The zero-order valence-corrected chi connectivity index (χ0v) is 13.5. The summed E-state index contributed by atoms with van der Waals surface area (Å²) < 4.78 is 7.87. The molecule has 0 aromatic carbocycles. The lowest BCUT2D eigenvalue weighted by Gasteiger charge is -2.33. The second-order valence-corrected chi connectivity index (χ2v) is 6.63. The van der Waals surface area contributed by atoms with E-state index in [4.69, 9.17) is 4.74 Å². The number of nitrogens with zero attached hydrogens (tertiary/aromatic N) is 4. The number of aromatic nitrogens is 3. The van der Waals surface area contributed by atoms with E-state index in [-0.39, 0.29) is 24.9 Å². The van der Waals surface area contributed by atoms with Gasteiger partial charge in [-0.3, -0.25) is 14.0 Å². The number of hydrogen-bond donors (Lipinski definition) is 1. The Morgan fingerprint density at radius 1 is 1.40 bits per heavy atom. The molecule has 0 spiro atoms. The minimum atomic E-state index is -0.947. The van der Waals surface area contributed by atoms with Crippen molar-refractivity contribution in [2.24, 2.45) is 11.3 Å². The summed E-state index contributed by atoms with van der Waals surface area (Å²) in [7, 11) is 0. The molecule has 0 saturated carbocycles. The fraction of sp³-hybridized carbons (Fsp3) is 0.500. The molecule has 2 saturated heterocycles. The van der Waals surface area contributed by atoms with Crippen LogP contribution in [-0.4, -0.2) is 62.4 Å². The van der Waals surface area contributed by atoms with Crippen LogP contribution in [0.2, 0.25) is 0 Å². The first-order valence-corrected chi connectivity index (χ1v) is 8.14. The number of amides is 1. The van der Waals surface area contributed by atoms with Crippen LogP contribution in [0.15, 0.2) is 29.2 Å². The number of rotatable bonds is 3. The molecule has 0 bridgehead atoms. The molecule has 2 atom stereocenters. The average molecular weight is 346 g/mol. The van der Waals surface area contributed by atoms with E-state index < -0.39 is 17.1 Å². The van der Waals surface area contributed by atoms with Gasteiger partial charge in [0, 0.05) is 31.8 Å². The highest BCUT2D eigenvalue weighted by molar-refractivity contribution is 5.81. The van der Waals surface area contributed by atoms with Crippen LogP contribution in [-0.2, 0) is 20.9 Å². The van der Waals surface area contributed by atoms with Crippen molar-refractivity contribution in [1.29, 1.82) is 0 Å².